The van der Waals surface area contributed by atoms with Crippen molar-refractivity contribution in [2.75, 3.05) is 6.61 Å². The van der Waals surface area contributed by atoms with E-state index in [0.717, 1.165) is 23.4 Å². The van der Waals surface area contributed by atoms with Gasteiger partial charge < -0.3 is 9.84 Å². The topological polar surface area (TPSA) is 114 Å². The van der Waals surface area contributed by atoms with Crippen LogP contribution in [0.5, 0.6) is 11.5 Å². The number of aryl methyl sites for hydroxylation is 1. The number of nitrogens with one attached hydrogen (secondary N) is 1. The number of hydrogen-bond donors (Lipinski definition) is 2. The summed E-state index contributed by atoms with van der Waals surface area (Å²) >= 11 is 3.03. The number of benzene rings is 2. The summed E-state index contributed by atoms with van der Waals surface area (Å²) in [6, 6.07) is 7.84. The van der Waals surface area contributed by atoms with Crippen molar-refractivity contribution in [1.82, 2.24) is 5.43 Å². The van der Waals surface area contributed by atoms with E-state index >= 15 is 0 Å². The largest absolute Gasteiger partial charge is 0.506 e. The summed E-state index contributed by atoms with van der Waals surface area (Å²) in [4.78, 5) is 22.0. The lowest BCUT2D eigenvalue weighted by atomic mass is 10.1. The Bertz CT molecular complexity index is 883. The molecule has 0 unspecified atom stereocenters. The minimum atomic E-state index is -0.599. The first kappa shape index (κ1) is 19.4. The number of halogens is 1. The Labute approximate surface area is 157 Å². The number of hydrazone groups is 1. The van der Waals surface area contributed by atoms with Crippen LogP contribution in [0.25, 0.3) is 0 Å². The first-order chi connectivity index (χ1) is 12.3. The van der Waals surface area contributed by atoms with E-state index in [4.69, 9.17) is 4.74 Å². The lowest BCUT2D eigenvalue weighted by Gasteiger charge is -2.09. The second kappa shape index (κ2) is 8.43. The minimum absolute atomic E-state index is 0.0850. The summed E-state index contributed by atoms with van der Waals surface area (Å²) in [5.41, 5.74) is 4.09. The number of amides is 1. The van der Waals surface area contributed by atoms with Gasteiger partial charge in [-0.15, -0.1) is 0 Å². The molecule has 26 heavy (non-hydrogen) atoms. The molecule has 0 fully saturated rings. The Morgan fingerprint density at radius 3 is 2.85 bits per heavy atom. The first-order valence-corrected chi connectivity index (χ1v) is 8.26. The average Bonchev–Trinajstić information content (AvgIpc) is 2.59. The average molecular weight is 422 g/mol. The third kappa shape index (κ3) is 4.79. The van der Waals surface area contributed by atoms with E-state index in [1.807, 2.05) is 26.0 Å². The maximum atomic E-state index is 11.8. The van der Waals surface area contributed by atoms with Gasteiger partial charge in [-0.3, -0.25) is 14.9 Å². The number of carbonyl (C=O) groups is 1. The molecule has 0 aliphatic carbocycles. The van der Waals surface area contributed by atoms with E-state index in [1.54, 1.807) is 6.07 Å². The van der Waals surface area contributed by atoms with Gasteiger partial charge in [0, 0.05) is 17.7 Å². The van der Waals surface area contributed by atoms with E-state index in [9.17, 15) is 20.0 Å². The third-order valence-corrected chi connectivity index (χ3v) is 4.20. The van der Waals surface area contributed by atoms with Crippen molar-refractivity contribution in [3.63, 3.8) is 0 Å². The molecule has 0 aliphatic heterocycles. The van der Waals surface area contributed by atoms with Crippen LogP contribution >= 0.6 is 15.9 Å². The van der Waals surface area contributed by atoms with Gasteiger partial charge in [0.2, 0.25) is 0 Å². The molecule has 0 spiro atoms. The molecule has 8 nitrogen and oxygen atoms in total. The fraction of sp³-hybridized carbons (Fsp3) is 0.176. The van der Waals surface area contributed by atoms with Gasteiger partial charge in [0.25, 0.3) is 11.6 Å². The predicted molar refractivity (Wildman–Crippen MR) is 99.6 cm³/mol. The van der Waals surface area contributed by atoms with Crippen LogP contribution in [0.15, 0.2) is 39.9 Å². The molecule has 0 atom stereocenters. The maximum absolute atomic E-state index is 11.8. The number of phenols is 1. The van der Waals surface area contributed by atoms with Crippen molar-refractivity contribution in [2.45, 2.75) is 13.8 Å². The summed E-state index contributed by atoms with van der Waals surface area (Å²) in [6.07, 6.45) is 1.11. The van der Waals surface area contributed by atoms with Crippen LogP contribution in [0.4, 0.5) is 5.69 Å². The Morgan fingerprint density at radius 2 is 2.15 bits per heavy atom. The number of aromatic hydroxyl groups is 1. The van der Waals surface area contributed by atoms with Gasteiger partial charge in [-0.1, -0.05) is 12.1 Å². The second-order valence-corrected chi connectivity index (χ2v) is 6.26. The van der Waals surface area contributed by atoms with Crippen LogP contribution in [-0.4, -0.2) is 28.8 Å². The van der Waals surface area contributed by atoms with Gasteiger partial charge in [-0.2, -0.15) is 5.10 Å². The Morgan fingerprint density at radius 1 is 1.42 bits per heavy atom. The molecule has 0 aromatic heterocycles. The molecule has 9 heteroatoms. The number of phenolic OH excluding ortho intramolecular Hbond substituents is 1. The van der Waals surface area contributed by atoms with E-state index in [-0.39, 0.29) is 28.1 Å². The molecule has 0 radical (unpaired) electrons. The number of nitrogens with zero attached hydrogens (tertiary/aromatic N) is 2. The van der Waals surface area contributed by atoms with Gasteiger partial charge in [0.15, 0.2) is 6.61 Å². The number of rotatable bonds is 6. The number of non-ortho nitro benzene ring substituents is 1. The van der Waals surface area contributed by atoms with Gasteiger partial charge in [-0.05, 0) is 47.0 Å². The molecular formula is C17H16BrN3O5. The Hall–Kier alpha value is -2.94. The van der Waals surface area contributed by atoms with Gasteiger partial charge >= 0.3 is 0 Å². The van der Waals surface area contributed by atoms with Crippen LogP contribution in [-0.2, 0) is 4.79 Å². The maximum Gasteiger partial charge on any atom is 0.277 e. The standard InChI is InChI=1S/C17H16BrN3O5/c1-10-4-3-5-15(11(10)2)26-9-16(22)20-19-8-12-6-13(21(24)25)7-14(18)17(12)23/h3-8,23H,9H2,1-2H3,(H,20,22)/b19-8+. The second-order valence-electron chi connectivity index (χ2n) is 5.40. The van der Waals surface area contributed by atoms with Gasteiger partial charge in [-0.25, -0.2) is 5.43 Å². The van der Waals surface area contributed by atoms with E-state index in [0.29, 0.717) is 5.75 Å². The Balaban J connectivity index is 1.99. The molecular weight excluding hydrogens is 406 g/mol. The van der Waals surface area contributed by atoms with Crippen molar-refractivity contribution >= 4 is 33.7 Å². The van der Waals surface area contributed by atoms with Crippen LogP contribution in [0.2, 0.25) is 0 Å². The zero-order valence-corrected chi connectivity index (χ0v) is 15.6. The highest BCUT2D eigenvalue weighted by Gasteiger charge is 2.13. The Kier molecular flexibility index (Phi) is 6.29. The fourth-order valence-electron chi connectivity index (χ4n) is 2.04. The summed E-state index contributed by atoms with van der Waals surface area (Å²) in [5, 5.41) is 24.4. The highest BCUT2D eigenvalue weighted by atomic mass is 79.9. The zero-order valence-electron chi connectivity index (χ0n) is 14.0. The molecule has 0 aliphatic rings. The van der Waals surface area contributed by atoms with Crippen molar-refractivity contribution < 1.29 is 19.6 Å². The fourth-order valence-corrected chi connectivity index (χ4v) is 2.50. The first-order valence-electron chi connectivity index (χ1n) is 7.47. The minimum Gasteiger partial charge on any atom is -0.506 e. The summed E-state index contributed by atoms with van der Waals surface area (Å²) < 4.78 is 5.59. The van der Waals surface area contributed by atoms with E-state index in [1.165, 1.54) is 6.07 Å². The van der Waals surface area contributed by atoms with Crippen molar-refractivity contribution in [2.24, 2.45) is 5.10 Å². The number of hydrogen-bond acceptors (Lipinski definition) is 6. The number of nitro groups is 1. The molecule has 0 bridgehead atoms. The normalized spacial score (nSPS) is 10.7. The van der Waals surface area contributed by atoms with Crippen LogP contribution in [0, 0.1) is 24.0 Å². The van der Waals surface area contributed by atoms with Crippen LogP contribution < -0.4 is 10.2 Å². The van der Waals surface area contributed by atoms with E-state index < -0.39 is 10.8 Å². The number of nitro benzene ring substituents is 1. The smallest absolute Gasteiger partial charge is 0.277 e. The summed E-state index contributed by atoms with van der Waals surface area (Å²) in [5.74, 6) is -0.129. The van der Waals surface area contributed by atoms with Crippen LogP contribution in [0.1, 0.15) is 16.7 Å². The molecule has 136 valence electrons. The molecule has 2 N–H and O–H groups in total. The van der Waals surface area contributed by atoms with Crippen molar-refractivity contribution in [3.05, 3.63) is 61.6 Å². The van der Waals surface area contributed by atoms with Gasteiger partial charge in [0.05, 0.1) is 15.6 Å². The third-order valence-electron chi connectivity index (χ3n) is 3.60. The molecule has 1 amide bonds. The van der Waals surface area contributed by atoms with Crippen molar-refractivity contribution in [1.29, 1.82) is 0 Å². The highest BCUT2D eigenvalue weighted by molar-refractivity contribution is 9.10. The van der Waals surface area contributed by atoms with E-state index in [2.05, 4.69) is 26.5 Å². The van der Waals surface area contributed by atoms with Crippen molar-refractivity contribution in [3.8, 4) is 11.5 Å². The SMILES string of the molecule is Cc1cccc(OCC(=O)N/N=C/c2cc([N+](=O)[O-])cc(Br)c2O)c1C. The quantitative estimate of drug-likeness (QED) is 0.422. The van der Waals surface area contributed by atoms with Crippen LogP contribution in [0.3, 0.4) is 0 Å². The summed E-state index contributed by atoms with van der Waals surface area (Å²) in [6.45, 7) is 3.59. The molecule has 0 heterocycles. The number of carbonyl (C=O) groups excluding carboxylic acids is 1. The molecule has 2 aromatic carbocycles. The molecule has 2 rings (SSSR count). The summed E-state index contributed by atoms with van der Waals surface area (Å²) in [7, 11) is 0. The predicted octanol–water partition coefficient (Wildman–Crippen LogP) is 3.21. The van der Waals surface area contributed by atoms with Gasteiger partial charge in [0.1, 0.15) is 11.5 Å². The molecule has 0 saturated heterocycles. The zero-order chi connectivity index (χ0) is 19.3. The molecule has 2 aromatic rings. The molecule has 0 saturated carbocycles. The highest BCUT2D eigenvalue weighted by Crippen LogP contribution is 2.31. The lowest BCUT2D eigenvalue weighted by Crippen LogP contribution is -2.24. The number of ether oxygens (including phenoxy) is 1. The monoisotopic (exact) mass is 421 g/mol. The lowest BCUT2D eigenvalue weighted by molar-refractivity contribution is -0.385.